The summed E-state index contributed by atoms with van der Waals surface area (Å²) >= 11 is 0. The van der Waals surface area contributed by atoms with Gasteiger partial charge in [0.15, 0.2) is 6.61 Å². The molecule has 0 atom stereocenters. The molecule has 0 unspecified atom stereocenters. The number of hydrogen-bond donors (Lipinski definition) is 2. The summed E-state index contributed by atoms with van der Waals surface area (Å²) in [7, 11) is 1.55. The van der Waals surface area contributed by atoms with Gasteiger partial charge in [0.1, 0.15) is 0 Å². The van der Waals surface area contributed by atoms with Gasteiger partial charge in [0, 0.05) is 24.2 Å². The van der Waals surface area contributed by atoms with E-state index in [-0.39, 0.29) is 24.9 Å². The van der Waals surface area contributed by atoms with Crippen LogP contribution in [-0.4, -0.2) is 31.4 Å². The average Bonchev–Trinajstić information content (AvgIpc) is 2.82. The maximum atomic E-state index is 12.5. The number of amides is 2. The molecule has 31 heavy (non-hydrogen) atoms. The average molecular weight is 416 g/mol. The Morgan fingerprint density at radius 3 is 1.87 bits per heavy atom. The van der Waals surface area contributed by atoms with E-state index in [1.54, 1.807) is 31.3 Å². The highest BCUT2D eigenvalue weighted by molar-refractivity contribution is 5.96. The Morgan fingerprint density at radius 1 is 0.806 bits per heavy atom. The van der Waals surface area contributed by atoms with Crippen molar-refractivity contribution in [1.29, 1.82) is 0 Å². The summed E-state index contributed by atoms with van der Waals surface area (Å²) in [6.07, 6.45) is 0.127. The molecule has 158 valence electrons. The Morgan fingerprint density at radius 2 is 1.35 bits per heavy atom. The molecule has 0 saturated carbocycles. The van der Waals surface area contributed by atoms with Crippen LogP contribution in [0.2, 0.25) is 0 Å². The third-order valence-electron chi connectivity index (χ3n) is 4.80. The SMILES string of the molecule is CNC(=O)c1ccc(NC(=O)COC(=O)CC(c2ccccc2)c2ccccc2)cc1. The standard InChI is InChI=1S/C25H24N2O4/c1-26-25(30)20-12-14-21(15-13-20)27-23(28)17-31-24(29)16-22(18-8-4-2-5-9-18)19-10-6-3-7-11-19/h2-15,22H,16-17H2,1H3,(H,26,30)(H,27,28). The van der Waals surface area contributed by atoms with Crippen molar-refractivity contribution in [2.45, 2.75) is 12.3 Å². The maximum absolute atomic E-state index is 12.5. The van der Waals surface area contributed by atoms with Crippen LogP contribution < -0.4 is 10.6 Å². The van der Waals surface area contributed by atoms with Crippen molar-refractivity contribution in [1.82, 2.24) is 5.32 Å². The first kappa shape index (κ1) is 21.8. The van der Waals surface area contributed by atoms with Gasteiger partial charge in [-0.25, -0.2) is 0 Å². The lowest BCUT2D eigenvalue weighted by molar-refractivity contribution is -0.147. The van der Waals surface area contributed by atoms with E-state index >= 15 is 0 Å². The lowest BCUT2D eigenvalue weighted by atomic mass is 9.89. The first-order valence-corrected chi connectivity index (χ1v) is 9.94. The second-order valence-electron chi connectivity index (χ2n) is 6.94. The number of esters is 1. The van der Waals surface area contributed by atoms with Crippen molar-refractivity contribution >= 4 is 23.5 Å². The highest BCUT2D eigenvalue weighted by atomic mass is 16.5. The highest BCUT2D eigenvalue weighted by Gasteiger charge is 2.19. The molecule has 0 bridgehead atoms. The molecule has 3 aromatic carbocycles. The molecule has 0 aliphatic heterocycles. The molecule has 6 nitrogen and oxygen atoms in total. The summed E-state index contributed by atoms with van der Waals surface area (Å²) < 4.78 is 5.21. The van der Waals surface area contributed by atoms with E-state index in [1.165, 1.54) is 0 Å². The van der Waals surface area contributed by atoms with Gasteiger partial charge in [-0.2, -0.15) is 0 Å². The lowest BCUT2D eigenvalue weighted by Crippen LogP contribution is -2.22. The lowest BCUT2D eigenvalue weighted by Gasteiger charge is -2.17. The minimum Gasteiger partial charge on any atom is -0.456 e. The topological polar surface area (TPSA) is 84.5 Å². The second kappa shape index (κ2) is 10.7. The predicted octanol–water partition coefficient (Wildman–Crippen LogP) is 3.75. The van der Waals surface area contributed by atoms with E-state index < -0.39 is 11.9 Å². The van der Waals surface area contributed by atoms with Crippen LogP contribution in [0.25, 0.3) is 0 Å². The van der Waals surface area contributed by atoms with Crippen molar-refractivity contribution in [3.8, 4) is 0 Å². The molecular weight excluding hydrogens is 392 g/mol. The molecule has 0 radical (unpaired) electrons. The number of nitrogens with one attached hydrogen (secondary N) is 2. The highest BCUT2D eigenvalue weighted by Crippen LogP contribution is 2.28. The quantitative estimate of drug-likeness (QED) is 0.548. The van der Waals surface area contributed by atoms with E-state index in [0.29, 0.717) is 11.3 Å². The van der Waals surface area contributed by atoms with Crippen molar-refractivity contribution < 1.29 is 19.1 Å². The Hall–Kier alpha value is -3.93. The molecule has 0 aliphatic rings. The van der Waals surface area contributed by atoms with Gasteiger partial charge >= 0.3 is 5.97 Å². The molecule has 0 spiro atoms. The molecule has 6 heteroatoms. The molecule has 0 aliphatic carbocycles. The van der Waals surface area contributed by atoms with Gasteiger partial charge < -0.3 is 15.4 Å². The van der Waals surface area contributed by atoms with Gasteiger partial charge in [-0.05, 0) is 35.4 Å². The smallest absolute Gasteiger partial charge is 0.307 e. The normalized spacial score (nSPS) is 10.4. The van der Waals surface area contributed by atoms with Crippen LogP contribution in [0, 0.1) is 0 Å². The zero-order valence-corrected chi connectivity index (χ0v) is 17.2. The van der Waals surface area contributed by atoms with E-state index in [1.807, 2.05) is 60.7 Å². The minimum absolute atomic E-state index is 0.127. The van der Waals surface area contributed by atoms with Crippen LogP contribution in [0.4, 0.5) is 5.69 Å². The second-order valence-corrected chi connectivity index (χ2v) is 6.94. The minimum atomic E-state index is -0.456. The van der Waals surface area contributed by atoms with E-state index in [2.05, 4.69) is 10.6 Å². The van der Waals surface area contributed by atoms with Gasteiger partial charge in [0.25, 0.3) is 11.8 Å². The Kier molecular flexibility index (Phi) is 7.54. The fourth-order valence-corrected chi connectivity index (χ4v) is 3.22. The summed E-state index contributed by atoms with van der Waals surface area (Å²) in [5, 5.41) is 5.18. The van der Waals surface area contributed by atoms with Gasteiger partial charge in [-0.15, -0.1) is 0 Å². The number of carbonyl (C=O) groups excluding carboxylic acids is 3. The van der Waals surface area contributed by atoms with Crippen molar-refractivity contribution in [2.24, 2.45) is 0 Å². The monoisotopic (exact) mass is 416 g/mol. The van der Waals surface area contributed by atoms with Crippen LogP contribution in [0.15, 0.2) is 84.9 Å². The van der Waals surface area contributed by atoms with Crippen molar-refractivity contribution in [2.75, 3.05) is 19.0 Å². The summed E-state index contributed by atoms with van der Waals surface area (Å²) in [4.78, 5) is 36.2. The number of carbonyl (C=O) groups is 3. The predicted molar refractivity (Wildman–Crippen MR) is 119 cm³/mol. The van der Waals surface area contributed by atoms with Gasteiger partial charge in [-0.1, -0.05) is 60.7 Å². The molecular formula is C25H24N2O4. The number of benzene rings is 3. The number of anilines is 1. The molecule has 0 heterocycles. The Bertz CT molecular complexity index is 979. The third-order valence-corrected chi connectivity index (χ3v) is 4.80. The van der Waals surface area contributed by atoms with Crippen LogP contribution >= 0.6 is 0 Å². The molecule has 2 amide bonds. The van der Waals surface area contributed by atoms with Gasteiger partial charge in [0.2, 0.25) is 0 Å². The van der Waals surface area contributed by atoms with Crippen LogP contribution in [0.5, 0.6) is 0 Å². The molecule has 3 rings (SSSR count). The van der Waals surface area contributed by atoms with Crippen molar-refractivity contribution in [3.05, 3.63) is 102 Å². The Balaban J connectivity index is 1.56. The van der Waals surface area contributed by atoms with Crippen LogP contribution in [0.1, 0.15) is 33.8 Å². The van der Waals surface area contributed by atoms with Gasteiger partial charge in [0.05, 0.1) is 6.42 Å². The fraction of sp³-hybridized carbons (Fsp3) is 0.160. The summed E-state index contributed by atoms with van der Waals surface area (Å²) in [6.45, 7) is -0.383. The zero-order chi connectivity index (χ0) is 22.1. The summed E-state index contributed by atoms with van der Waals surface area (Å²) in [5.41, 5.74) is 3.01. The van der Waals surface area contributed by atoms with E-state index in [9.17, 15) is 14.4 Å². The maximum Gasteiger partial charge on any atom is 0.307 e. The molecule has 3 aromatic rings. The number of ether oxygens (including phenoxy) is 1. The third kappa shape index (κ3) is 6.27. The molecule has 0 aromatic heterocycles. The molecule has 0 saturated heterocycles. The first-order valence-electron chi connectivity index (χ1n) is 9.94. The molecule has 0 fully saturated rings. The van der Waals surface area contributed by atoms with Crippen molar-refractivity contribution in [3.63, 3.8) is 0 Å². The molecule has 2 N–H and O–H groups in total. The largest absolute Gasteiger partial charge is 0.456 e. The van der Waals surface area contributed by atoms with E-state index in [0.717, 1.165) is 11.1 Å². The zero-order valence-electron chi connectivity index (χ0n) is 17.2. The van der Waals surface area contributed by atoms with Gasteiger partial charge in [-0.3, -0.25) is 14.4 Å². The number of rotatable bonds is 8. The fourth-order valence-electron chi connectivity index (χ4n) is 3.22. The Labute approximate surface area is 181 Å². The summed E-state index contributed by atoms with van der Waals surface area (Å²) in [6, 6.07) is 25.9. The van der Waals surface area contributed by atoms with Crippen LogP contribution in [-0.2, 0) is 14.3 Å². The van der Waals surface area contributed by atoms with E-state index in [4.69, 9.17) is 4.74 Å². The number of hydrogen-bond acceptors (Lipinski definition) is 4. The summed E-state index contributed by atoms with van der Waals surface area (Å²) in [5.74, 6) is -1.27. The van der Waals surface area contributed by atoms with Crippen LogP contribution in [0.3, 0.4) is 0 Å². The first-order chi connectivity index (χ1) is 15.1.